The van der Waals surface area contributed by atoms with Gasteiger partial charge in [0.2, 0.25) is 15.9 Å². The van der Waals surface area contributed by atoms with Gasteiger partial charge in [-0.1, -0.05) is 0 Å². The number of methoxy groups -OCH3 is 1. The van der Waals surface area contributed by atoms with E-state index in [0.29, 0.717) is 24.6 Å². The fourth-order valence-corrected chi connectivity index (χ4v) is 5.80. The SMILES string of the molecule is COC(=O)c1ccc2c(c1)CCN2C(=O)C1CCN(S(=O)(=O)c2cc(F)ccc2F)CC1. The second-order valence-electron chi connectivity index (χ2n) is 7.83. The summed E-state index contributed by atoms with van der Waals surface area (Å²) in [4.78, 5) is 25.8. The Hall–Kier alpha value is -2.85. The third-order valence-electron chi connectivity index (χ3n) is 5.98. The monoisotopic (exact) mass is 464 g/mol. The molecule has 1 fully saturated rings. The zero-order valence-electron chi connectivity index (χ0n) is 17.4. The number of benzene rings is 2. The summed E-state index contributed by atoms with van der Waals surface area (Å²) >= 11 is 0. The van der Waals surface area contributed by atoms with Crippen molar-refractivity contribution >= 4 is 27.6 Å². The van der Waals surface area contributed by atoms with Gasteiger partial charge < -0.3 is 9.64 Å². The van der Waals surface area contributed by atoms with E-state index in [9.17, 15) is 26.8 Å². The van der Waals surface area contributed by atoms with Crippen molar-refractivity contribution in [3.63, 3.8) is 0 Å². The number of nitrogens with zero attached hydrogens (tertiary/aromatic N) is 2. The van der Waals surface area contributed by atoms with Crippen LogP contribution in [0.3, 0.4) is 0 Å². The molecule has 10 heteroatoms. The fraction of sp³-hybridized carbons (Fsp3) is 0.364. The first-order valence-electron chi connectivity index (χ1n) is 10.2. The van der Waals surface area contributed by atoms with Crippen LogP contribution >= 0.6 is 0 Å². The molecule has 2 aromatic rings. The number of amides is 1. The number of carbonyl (C=O) groups excluding carboxylic acids is 2. The third kappa shape index (κ3) is 4.00. The molecule has 0 spiro atoms. The molecule has 2 aromatic carbocycles. The van der Waals surface area contributed by atoms with E-state index in [4.69, 9.17) is 4.74 Å². The summed E-state index contributed by atoms with van der Waals surface area (Å²) in [6, 6.07) is 7.37. The van der Waals surface area contributed by atoms with Crippen LogP contribution in [0.5, 0.6) is 0 Å². The summed E-state index contributed by atoms with van der Waals surface area (Å²) in [5, 5.41) is 0. The third-order valence-corrected chi connectivity index (χ3v) is 7.89. The maximum atomic E-state index is 14.0. The molecule has 0 aliphatic carbocycles. The second-order valence-corrected chi connectivity index (χ2v) is 9.73. The molecule has 32 heavy (non-hydrogen) atoms. The highest BCUT2D eigenvalue weighted by Gasteiger charge is 2.37. The molecule has 0 atom stereocenters. The second kappa shape index (κ2) is 8.59. The van der Waals surface area contributed by atoms with Crippen LogP contribution in [-0.2, 0) is 26.0 Å². The number of rotatable bonds is 4. The largest absolute Gasteiger partial charge is 0.465 e. The van der Waals surface area contributed by atoms with Crippen molar-refractivity contribution in [2.75, 3.05) is 31.6 Å². The summed E-state index contributed by atoms with van der Waals surface area (Å²) in [5.41, 5.74) is 2.03. The fourth-order valence-electron chi connectivity index (χ4n) is 4.25. The molecule has 0 radical (unpaired) electrons. The van der Waals surface area contributed by atoms with Crippen molar-refractivity contribution in [3.05, 3.63) is 59.2 Å². The lowest BCUT2D eigenvalue weighted by Crippen LogP contribution is -2.44. The van der Waals surface area contributed by atoms with Crippen LogP contribution in [0.1, 0.15) is 28.8 Å². The van der Waals surface area contributed by atoms with Gasteiger partial charge in [0.15, 0.2) is 0 Å². The molecule has 0 bridgehead atoms. The first kappa shape index (κ1) is 22.3. The standard InChI is InChI=1S/C22H22F2N2O5S/c1-31-22(28)16-2-5-19-15(12-16)8-11-26(19)21(27)14-6-9-25(10-7-14)32(29,30)20-13-17(23)3-4-18(20)24/h2-5,12-14H,6-11H2,1H3. The number of sulfonamides is 1. The molecule has 0 saturated carbocycles. The Kier molecular flexibility index (Phi) is 6.00. The molecular weight excluding hydrogens is 442 g/mol. The molecule has 4 rings (SSSR count). The number of carbonyl (C=O) groups is 2. The van der Waals surface area contributed by atoms with Crippen molar-refractivity contribution in [1.29, 1.82) is 0 Å². The van der Waals surface area contributed by atoms with Crippen molar-refractivity contribution in [1.82, 2.24) is 4.31 Å². The Labute approximate surface area is 184 Å². The Morgan fingerprint density at radius 3 is 2.44 bits per heavy atom. The minimum atomic E-state index is -4.20. The first-order chi connectivity index (χ1) is 15.2. The van der Waals surface area contributed by atoms with Gasteiger partial charge >= 0.3 is 5.97 Å². The van der Waals surface area contributed by atoms with Gasteiger partial charge in [-0.25, -0.2) is 22.0 Å². The molecule has 0 N–H and O–H groups in total. The molecule has 2 aliphatic rings. The average Bonchev–Trinajstić information content (AvgIpc) is 3.22. The summed E-state index contributed by atoms with van der Waals surface area (Å²) in [6.07, 6.45) is 1.17. The van der Waals surface area contributed by atoms with Gasteiger partial charge in [0, 0.05) is 31.2 Å². The molecule has 1 saturated heterocycles. The van der Waals surface area contributed by atoms with Gasteiger partial charge in [-0.05, 0) is 61.2 Å². The first-order valence-corrected chi connectivity index (χ1v) is 11.6. The van der Waals surface area contributed by atoms with Crippen molar-refractivity contribution in [2.24, 2.45) is 5.92 Å². The Morgan fingerprint density at radius 1 is 1.03 bits per heavy atom. The van der Waals surface area contributed by atoms with Crippen molar-refractivity contribution in [3.8, 4) is 0 Å². The average molecular weight is 464 g/mol. The van der Waals surface area contributed by atoms with E-state index >= 15 is 0 Å². The molecule has 1 amide bonds. The van der Waals surface area contributed by atoms with E-state index in [2.05, 4.69) is 0 Å². The van der Waals surface area contributed by atoms with Gasteiger partial charge in [-0.15, -0.1) is 0 Å². The number of halogens is 2. The highest BCUT2D eigenvalue weighted by atomic mass is 32.2. The quantitative estimate of drug-likeness (QED) is 0.650. The Balaban J connectivity index is 1.45. The zero-order valence-corrected chi connectivity index (χ0v) is 18.2. The topological polar surface area (TPSA) is 84.0 Å². The van der Waals surface area contributed by atoms with Crippen LogP contribution in [0.2, 0.25) is 0 Å². The van der Waals surface area contributed by atoms with Gasteiger partial charge in [-0.3, -0.25) is 4.79 Å². The van der Waals surface area contributed by atoms with Crippen LogP contribution in [0.15, 0.2) is 41.3 Å². The lowest BCUT2D eigenvalue weighted by atomic mass is 9.96. The molecule has 0 unspecified atom stereocenters. The summed E-state index contributed by atoms with van der Waals surface area (Å²) in [6.45, 7) is 0.555. The van der Waals surface area contributed by atoms with Gasteiger partial charge in [-0.2, -0.15) is 4.31 Å². The number of anilines is 1. The van der Waals surface area contributed by atoms with E-state index in [1.165, 1.54) is 7.11 Å². The zero-order chi connectivity index (χ0) is 23.0. The van der Waals surface area contributed by atoms with Crippen molar-refractivity contribution < 1.29 is 31.5 Å². The highest BCUT2D eigenvalue weighted by molar-refractivity contribution is 7.89. The van der Waals surface area contributed by atoms with Gasteiger partial charge in [0.25, 0.3) is 0 Å². The van der Waals surface area contributed by atoms with E-state index in [1.54, 1.807) is 23.1 Å². The number of piperidine rings is 1. The smallest absolute Gasteiger partial charge is 0.337 e. The molecule has 0 aromatic heterocycles. The molecule has 2 aliphatic heterocycles. The van der Waals surface area contributed by atoms with E-state index < -0.39 is 32.5 Å². The molecule has 7 nitrogen and oxygen atoms in total. The van der Waals surface area contributed by atoms with Gasteiger partial charge in [0.1, 0.15) is 16.5 Å². The molecule has 2 heterocycles. The predicted molar refractivity (Wildman–Crippen MR) is 112 cm³/mol. The van der Waals surface area contributed by atoms with E-state index in [1.807, 2.05) is 0 Å². The summed E-state index contributed by atoms with van der Waals surface area (Å²) < 4.78 is 58.8. The van der Waals surface area contributed by atoms with E-state index in [0.717, 1.165) is 27.7 Å². The summed E-state index contributed by atoms with van der Waals surface area (Å²) in [7, 11) is -2.89. The van der Waals surface area contributed by atoms with Crippen LogP contribution in [-0.4, -0.2) is 51.3 Å². The van der Waals surface area contributed by atoms with Crippen LogP contribution in [0.4, 0.5) is 14.5 Å². The van der Waals surface area contributed by atoms with Gasteiger partial charge in [0.05, 0.1) is 12.7 Å². The lowest BCUT2D eigenvalue weighted by molar-refractivity contribution is -0.123. The molecular formula is C22H22F2N2O5S. The summed E-state index contributed by atoms with van der Waals surface area (Å²) in [5.74, 6) is -2.78. The number of fused-ring (bicyclic) bond motifs is 1. The minimum Gasteiger partial charge on any atom is -0.465 e. The van der Waals surface area contributed by atoms with Crippen molar-refractivity contribution in [2.45, 2.75) is 24.2 Å². The predicted octanol–water partition coefficient (Wildman–Crippen LogP) is 2.74. The number of ether oxygens (including phenoxy) is 1. The van der Waals surface area contributed by atoms with E-state index in [-0.39, 0.29) is 37.8 Å². The van der Waals surface area contributed by atoms with Crippen LogP contribution < -0.4 is 4.90 Å². The maximum absolute atomic E-state index is 14.0. The number of esters is 1. The number of hydrogen-bond acceptors (Lipinski definition) is 5. The normalized spacial score (nSPS) is 17.3. The minimum absolute atomic E-state index is 0.0384. The van der Waals surface area contributed by atoms with Crippen LogP contribution in [0.25, 0.3) is 0 Å². The number of hydrogen-bond donors (Lipinski definition) is 0. The van der Waals surface area contributed by atoms with Crippen LogP contribution in [0, 0.1) is 17.6 Å². The molecule has 170 valence electrons. The Bertz CT molecular complexity index is 1180. The lowest BCUT2D eigenvalue weighted by Gasteiger charge is -2.32. The highest BCUT2D eigenvalue weighted by Crippen LogP contribution is 2.33. The Morgan fingerprint density at radius 2 is 1.75 bits per heavy atom. The maximum Gasteiger partial charge on any atom is 0.337 e.